The monoisotopic (exact) mass is 516 g/mol. The van der Waals surface area contributed by atoms with Crippen molar-refractivity contribution in [2.24, 2.45) is 0 Å². The zero-order valence-corrected chi connectivity index (χ0v) is 20.4. The second-order valence-corrected chi connectivity index (χ2v) is 8.78. The first-order valence-electron chi connectivity index (χ1n) is 10.8. The largest absolute Gasteiger partial charge is 0.463 e. The lowest BCUT2D eigenvalue weighted by atomic mass is 10.1. The zero-order chi connectivity index (χ0) is 25.4. The molecule has 1 fully saturated rings. The fourth-order valence-corrected chi connectivity index (χ4v) is 4.15. The lowest BCUT2D eigenvalue weighted by Gasteiger charge is -2.29. The van der Waals surface area contributed by atoms with E-state index in [1.165, 1.54) is 23.3 Å². The maximum absolute atomic E-state index is 13.3. The van der Waals surface area contributed by atoms with Gasteiger partial charge in [-0.05, 0) is 79.3 Å². The molecule has 4 aromatic rings. The maximum atomic E-state index is 13.3. The first-order valence-corrected chi connectivity index (χ1v) is 11.6. The predicted octanol–water partition coefficient (Wildman–Crippen LogP) is 5.38. The summed E-state index contributed by atoms with van der Waals surface area (Å²) in [4.78, 5) is 40.2. The topological polar surface area (TPSA) is 88.8 Å². The highest BCUT2D eigenvalue weighted by Crippen LogP contribution is 2.27. The number of ether oxygens (including phenoxy) is 1. The number of hydrogen-bond donors (Lipinski definition) is 1. The van der Waals surface area contributed by atoms with Crippen LogP contribution in [0.4, 0.5) is 5.69 Å². The zero-order valence-electron chi connectivity index (χ0n) is 18.8. The molecule has 9 heteroatoms. The number of amides is 2. The van der Waals surface area contributed by atoms with Gasteiger partial charge in [-0.3, -0.25) is 24.6 Å². The highest BCUT2D eigenvalue weighted by atomic mass is 35.5. The Bertz CT molecular complexity index is 1630. The van der Waals surface area contributed by atoms with E-state index in [4.69, 9.17) is 33.0 Å². The number of fused-ring (bicyclic) bond motifs is 1. The van der Waals surface area contributed by atoms with Gasteiger partial charge in [0.25, 0.3) is 11.8 Å². The standard InChI is InChI=1S/C27H17ClN2O5S/c1-15-11-23-20(13-22(15)28)24(31)16(14-34-23)12-21-25(32)29-27(36)30(26(21)33)17-7-9-19(10-8-17)35-18-5-3-2-4-6-18/h2-14H,1H3,(H,29,32,36)/b21-12+. The minimum Gasteiger partial charge on any atom is -0.463 e. The number of hydrogen-bond acceptors (Lipinski definition) is 6. The highest BCUT2D eigenvalue weighted by Gasteiger charge is 2.34. The molecule has 36 heavy (non-hydrogen) atoms. The van der Waals surface area contributed by atoms with E-state index in [9.17, 15) is 14.4 Å². The van der Waals surface area contributed by atoms with Crippen molar-refractivity contribution in [3.8, 4) is 11.5 Å². The second-order valence-electron chi connectivity index (χ2n) is 7.98. The number of nitrogens with one attached hydrogen (secondary N) is 1. The summed E-state index contributed by atoms with van der Waals surface area (Å²) < 4.78 is 11.4. The van der Waals surface area contributed by atoms with Crippen LogP contribution in [-0.4, -0.2) is 16.9 Å². The molecule has 178 valence electrons. The lowest BCUT2D eigenvalue weighted by molar-refractivity contribution is -0.122. The van der Waals surface area contributed by atoms with Gasteiger partial charge in [-0.15, -0.1) is 0 Å². The third-order valence-corrected chi connectivity index (χ3v) is 6.25. The van der Waals surface area contributed by atoms with E-state index >= 15 is 0 Å². The molecule has 0 radical (unpaired) electrons. The SMILES string of the molecule is Cc1cc2occ(/C=C3\C(=O)NC(=S)N(c4ccc(Oc5ccccc5)cc4)C3=O)c(=O)c2cc1Cl. The molecule has 7 nitrogen and oxygen atoms in total. The number of aryl methyl sites for hydroxylation is 1. The van der Waals surface area contributed by atoms with Gasteiger partial charge in [0.1, 0.15) is 28.9 Å². The van der Waals surface area contributed by atoms with Gasteiger partial charge < -0.3 is 9.15 Å². The van der Waals surface area contributed by atoms with E-state index in [1.807, 2.05) is 30.3 Å². The Morgan fingerprint density at radius 3 is 2.42 bits per heavy atom. The molecule has 3 aromatic carbocycles. The number of carbonyl (C=O) groups is 2. The van der Waals surface area contributed by atoms with Gasteiger partial charge in [-0.1, -0.05) is 29.8 Å². The molecule has 0 unspecified atom stereocenters. The van der Waals surface area contributed by atoms with Crippen LogP contribution in [0, 0.1) is 6.92 Å². The van der Waals surface area contributed by atoms with Gasteiger partial charge in [0.05, 0.1) is 16.6 Å². The Morgan fingerprint density at radius 2 is 1.69 bits per heavy atom. The van der Waals surface area contributed by atoms with Gasteiger partial charge in [-0.25, -0.2) is 0 Å². The van der Waals surface area contributed by atoms with Crippen molar-refractivity contribution < 1.29 is 18.7 Å². The summed E-state index contributed by atoms with van der Waals surface area (Å²) in [7, 11) is 0. The molecular formula is C27H17ClN2O5S. The van der Waals surface area contributed by atoms with E-state index in [0.717, 1.165) is 5.56 Å². The van der Waals surface area contributed by atoms with Crippen molar-refractivity contribution in [3.63, 3.8) is 0 Å². The Labute approximate surface area is 215 Å². The highest BCUT2D eigenvalue weighted by molar-refractivity contribution is 7.80. The van der Waals surface area contributed by atoms with Gasteiger partial charge in [0.2, 0.25) is 0 Å². The molecule has 1 aliphatic rings. The lowest BCUT2D eigenvalue weighted by Crippen LogP contribution is -2.54. The Hall–Kier alpha value is -4.27. The Kier molecular flexibility index (Phi) is 6.13. The van der Waals surface area contributed by atoms with Crippen LogP contribution < -0.4 is 20.4 Å². The number of rotatable bonds is 4. The number of nitrogens with zero attached hydrogens (tertiary/aromatic N) is 1. The fraction of sp³-hybridized carbons (Fsp3) is 0.0370. The second kappa shape index (κ2) is 9.41. The average molecular weight is 517 g/mol. The summed E-state index contributed by atoms with van der Waals surface area (Å²) in [5.41, 5.74) is 0.865. The third-order valence-electron chi connectivity index (χ3n) is 5.56. The summed E-state index contributed by atoms with van der Waals surface area (Å²) >= 11 is 11.4. The van der Waals surface area contributed by atoms with Crippen LogP contribution in [0.15, 0.2) is 87.8 Å². The summed E-state index contributed by atoms with van der Waals surface area (Å²) in [6.45, 7) is 1.79. The molecule has 2 amide bonds. The predicted molar refractivity (Wildman–Crippen MR) is 141 cm³/mol. The molecule has 1 aromatic heterocycles. The van der Waals surface area contributed by atoms with Crippen molar-refractivity contribution >= 4 is 63.5 Å². The van der Waals surface area contributed by atoms with Crippen LogP contribution in [0.5, 0.6) is 11.5 Å². The van der Waals surface area contributed by atoms with Gasteiger partial charge >= 0.3 is 0 Å². The van der Waals surface area contributed by atoms with Crippen LogP contribution in [-0.2, 0) is 9.59 Å². The summed E-state index contributed by atoms with van der Waals surface area (Å²) in [6.07, 6.45) is 2.40. The van der Waals surface area contributed by atoms with Crippen molar-refractivity contribution in [2.75, 3.05) is 4.90 Å². The van der Waals surface area contributed by atoms with Crippen molar-refractivity contribution in [3.05, 3.63) is 105 Å². The number of carbonyl (C=O) groups excluding carboxylic acids is 2. The van der Waals surface area contributed by atoms with E-state index in [2.05, 4.69) is 5.32 Å². The number of benzene rings is 3. The number of halogens is 1. The molecule has 0 bridgehead atoms. The van der Waals surface area contributed by atoms with E-state index in [-0.39, 0.29) is 21.6 Å². The smallest absolute Gasteiger partial charge is 0.270 e. The van der Waals surface area contributed by atoms with Gasteiger partial charge in [0.15, 0.2) is 10.5 Å². The minimum absolute atomic E-state index is 0.0281. The van der Waals surface area contributed by atoms with Crippen molar-refractivity contribution in [1.29, 1.82) is 0 Å². The molecular weight excluding hydrogens is 500 g/mol. The Morgan fingerprint density at radius 1 is 1.00 bits per heavy atom. The average Bonchev–Trinajstić information content (AvgIpc) is 2.86. The number of anilines is 1. The molecule has 2 heterocycles. The van der Waals surface area contributed by atoms with Crippen LogP contribution in [0.3, 0.4) is 0 Å². The van der Waals surface area contributed by atoms with E-state index in [1.54, 1.807) is 37.3 Å². The summed E-state index contributed by atoms with van der Waals surface area (Å²) in [5, 5.41) is 3.07. The first kappa shape index (κ1) is 23.5. The molecule has 0 saturated carbocycles. The Balaban J connectivity index is 1.47. The molecule has 5 rings (SSSR count). The number of para-hydroxylation sites is 1. The number of thiocarbonyl (C=S) groups is 1. The van der Waals surface area contributed by atoms with Crippen LogP contribution in [0.25, 0.3) is 17.0 Å². The van der Waals surface area contributed by atoms with Crippen LogP contribution >= 0.6 is 23.8 Å². The van der Waals surface area contributed by atoms with E-state index in [0.29, 0.717) is 27.8 Å². The van der Waals surface area contributed by atoms with Gasteiger partial charge in [-0.2, -0.15) is 0 Å². The molecule has 0 atom stereocenters. The third kappa shape index (κ3) is 4.39. The first-order chi connectivity index (χ1) is 17.3. The van der Waals surface area contributed by atoms with Crippen LogP contribution in [0.2, 0.25) is 5.02 Å². The quantitative estimate of drug-likeness (QED) is 0.222. The normalized spacial score (nSPS) is 14.9. The molecule has 1 aliphatic heterocycles. The molecule has 1 N–H and O–H groups in total. The maximum Gasteiger partial charge on any atom is 0.270 e. The minimum atomic E-state index is -0.716. The van der Waals surface area contributed by atoms with Gasteiger partial charge in [0, 0.05) is 5.02 Å². The van der Waals surface area contributed by atoms with Crippen molar-refractivity contribution in [1.82, 2.24) is 5.32 Å². The van der Waals surface area contributed by atoms with Crippen molar-refractivity contribution in [2.45, 2.75) is 6.92 Å². The summed E-state index contributed by atoms with van der Waals surface area (Å²) in [5.74, 6) is -0.172. The van der Waals surface area contributed by atoms with E-state index < -0.39 is 17.2 Å². The molecule has 0 spiro atoms. The summed E-state index contributed by atoms with van der Waals surface area (Å²) in [6, 6.07) is 19.1. The fourth-order valence-electron chi connectivity index (χ4n) is 3.70. The molecule has 1 saturated heterocycles. The van der Waals surface area contributed by atoms with Crippen LogP contribution in [0.1, 0.15) is 11.1 Å². The molecule has 0 aliphatic carbocycles.